The quantitative estimate of drug-likeness (QED) is 0.469. The number of rotatable bonds is 10. The van der Waals surface area contributed by atoms with Crippen molar-refractivity contribution >= 4 is 22.6 Å². The van der Waals surface area contributed by atoms with Gasteiger partial charge in [-0.25, -0.2) is 4.39 Å². The highest BCUT2D eigenvalue weighted by atomic mass is 19.1. The Bertz CT molecular complexity index is 1050. The van der Waals surface area contributed by atoms with Gasteiger partial charge in [0.25, 0.3) is 5.91 Å². The van der Waals surface area contributed by atoms with Gasteiger partial charge in [0.1, 0.15) is 17.6 Å². The molecule has 5 nitrogen and oxygen atoms in total. The van der Waals surface area contributed by atoms with Gasteiger partial charge < -0.3 is 15.0 Å². The molecule has 2 amide bonds. The Balaban J connectivity index is 1.75. The van der Waals surface area contributed by atoms with Gasteiger partial charge >= 0.3 is 0 Å². The first kappa shape index (κ1) is 23.3. The van der Waals surface area contributed by atoms with Gasteiger partial charge in [-0.15, -0.1) is 0 Å². The fourth-order valence-electron chi connectivity index (χ4n) is 3.45. The van der Waals surface area contributed by atoms with E-state index < -0.39 is 6.04 Å². The second-order valence-corrected chi connectivity index (χ2v) is 7.73. The maximum Gasteiger partial charge on any atom is 0.261 e. The molecule has 1 N–H and O–H groups in total. The van der Waals surface area contributed by atoms with Crippen LogP contribution >= 0.6 is 0 Å². The van der Waals surface area contributed by atoms with E-state index in [4.69, 9.17) is 4.74 Å². The molecule has 0 fully saturated rings. The molecule has 0 saturated carbocycles. The molecule has 0 saturated heterocycles. The Labute approximate surface area is 188 Å². The van der Waals surface area contributed by atoms with Crippen LogP contribution in [0.4, 0.5) is 4.39 Å². The monoisotopic (exact) mass is 436 g/mol. The summed E-state index contributed by atoms with van der Waals surface area (Å²) in [6.45, 7) is 4.28. The van der Waals surface area contributed by atoms with Crippen molar-refractivity contribution in [3.05, 3.63) is 78.1 Å². The number of amides is 2. The van der Waals surface area contributed by atoms with Gasteiger partial charge in [-0.3, -0.25) is 9.59 Å². The van der Waals surface area contributed by atoms with Crippen LogP contribution in [-0.2, 0) is 16.1 Å². The van der Waals surface area contributed by atoms with Crippen LogP contribution in [0, 0.1) is 5.82 Å². The summed E-state index contributed by atoms with van der Waals surface area (Å²) in [6, 6.07) is 18.7. The summed E-state index contributed by atoms with van der Waals surface area (Å²) in [4.78, 5) is 27.3. The van der Waals surface area contributed by atoms with Crippen LogP contribution in [0.2, 0.25) is 0 Å². The molecule has 0 heterocycles. The van der Waals surface area contributed by atoms with Gasteiger partial charge in [0.05, 0.1) is 0 Å². The van der Waals surface area contributed by atoms with Gasteiger partial charge in [0, 0.05) is 18.5 Å². The average molecular weight is 437 g/mol. The van der Waals surface area contributed by atoms with Crippen molar-refractivity contribution in [3.63, 3.8) is 0 Å². The number of halogens is 1. The maximum atomic E-state index is 13.3. The molecular formula is C26H29FN2O3. The minimum absolute atomic E-state index is 0.181. The summed E-state index contributed by atoms with van der Waals surface area (Å²) in [6.07, 6.45) is 1.83. The number of hydrogen-bond acceptors (Lipinski definition) is 3. The van der Waals surface area contributed by atoms with Crippen LogP contribution in [0.3, 0.4) is 0 Å². The van der Waals surface area contributed by atoms with Crippen molar-refractivity contribution in [2.75, 3.05) is 13.2 Å². The molecule has 0 bridgehead atoms. The van der Waals surface area contributed by atoms with Crippen LogP contribution in [-0.4, -0.2) is 35.9 Å². The minimum atomic E-state index is -0.694. The van der Waals surface area contributed by atoms with Crippen LogP contribution in [0.5, 0.6) is 5.75 Å². The van der Waals surface area contributed by atoms with Crippen LogP contribution in [0.25, 0.3) is 10.8 Å². The van der Waals surface area contributed by atoms with Crippen LogP contribution in [0.1, 0.15) is 32.3 Å². The van der Waals surface area contributed by atoms with Gasteiger partial charge in [0.15, 0.2) is 6.61 Å². The molecule has 168 valence electrons. The molecule has 0 aliphatic rings. The Morgan fingerprint density at radius 1 is 1.03 bits per heavy atom. The fourth-order valence-corrected chi connectivity index (χ4v) is 3.45. The number of ether oxygens (including phenoxy) is 1. The predicted octanol–water partition coefficient (Wildman–Crippen LogP) is 4.69. The minimum Gasteiger partial charge on any atom is -0.483 e. The number of unbranched alkanes of at least 4 members (excludes halogenated alkanes) is 1. The predicted molar refractivity (Wildman–Crippen MR) is 124 cm³/mol. The molecule has 0 spiro atoms. The van der Waals surface area contributed by atoms with Crippen LogP contribution in [0.15, 0.2) is 66.7 Å². The highest BCUT2D eigenvalue weighted by Gasteiger charge is 2.26. The molecule has 0 aromatic heterocycles. The zero-order valence-electron chi connectivity index (χ0n) is 18.5. The second kappa shape index (κ2) is 11.3. The topological polar surface area (TPSA) is 58.6 Å². The van der Waals surface area contributed by atoms with E-state index in [0.717, 1.165) is 29.2 Å². The lowest BCUT2D eigenvalue weighted by atomic mass is 10.1. The van der Waals surface area contributed by atoms with Crippen molar-refractivity contribution in [1.29, 1.82) is 0 Å². The molecule has 0 unspecified atom stereocenters. The Morgan fingerprint density at radius 3 is 2.50 bits per heavy atom. The molecule has 6 heteroatoms. The standard InChI is InChI=1S/C26H29FN2O3/c1-3-4-16-28-26(31)19(2)29(17-20-12-14-22(27)15-13-20)25(30)18-32-24-11-7-9-21-8-5-6-10-23(21)24/h5-15,19H,3-4,16-18H2,1-2H3,(H,28,31)/t19-/m0/s1. The van der Waals surface area contributed by atoms with Crippen molar-refractivity contribution < 1.29 is 18.7 Å². The fraction of sp³-hybridized carbons (Fsp3) is 0.308. The number of hydrogen-bond donors (Lipinski definition) is 1. The van der Waals surface area contributed by atoms with E-state index in [1.807, 2.05) is 49.4 Å². The van der Waals surface area contributed by atoms with Crippen molar-refractivity contribution in [3.8, 4) is 5.75 Å². The highest BCUT2D eigenvalue weighted by molar-refractivity contribution is 5.90. The first-order valence-corrected chi connectivity index (χ1v) is 10.9. The molecule has 0 aliphatic heterocycles. The molecule has 3 rings (SSSR count). The van der Waals surface area contributed by atoms with Gasteiger partial charge in [-0.2, -0.15) is 0 Å². The number of nitrogens with one attached hydrogen (secondary N) is 1. The van der Waals surface area contributed by atoms with E-state index in [0.29, 0.717) is 12.3 Å². The third-order valence-electron chi connectivity index (χ3n) is 5.36. The van der Waals surface area contributed by atoms with E-state index in [2.05, 4.69) is 5.32 Å². The zero-order valence-corrected chi connectivity index (χ0v) is 18.5. The van der Waals surface area contributed by atoms with E-state index in [-0.39, 0.29) is 30.8 Å². The first-order valence-electron chi connectivity index (χ1n) is 10.9. The summed E-state index contributed by atoms with van der Waals surface area (Å²) in [5.41, 5.74) is 0.734. The summed E-state index contributed by atoms with van der Waals surface area (Å²) >= 11 is 0. The van der Waals surface area contributed by atoms with Crippen molar-refractivity contribution in [1.82, 2.24) is 10.2 Å². The summed E-state index contributed by atoms with van der Waals surface area (Å²) in [5, 5.41) is 4.81. The summed E-state index contributed by atoms with van der Waals surface area (Å²) in [7, 11) is 0. The number of nitrogens with zero attached hydrogens (tertiary/aromatic N) is 1. The number of carbonyl (C=O) groups excluding carboxylic acids is 2. The molecule has 0 aliphatic carbocycles. The summed E-state index contributed by atoms with van der Waals surface area (Å²) < 4.78 is 19.2. The Hall–Kier alpha value is -3.41. The van der Waals surface area contributed by atoms with Crippen LogP contribution < -0.4 is 10.1 Å². The molecular weight excluding hydrogens is 407 g/mol. The van der Waals surface area contributed by atoms with Crippen molar-refractivity contribution in [2.45, 2.75) is 39.3 Å². The van der Waals surface area contributed by atoms with E-state index in [1.165, 1.54) is 17.0 Å². The van der Waals surface area contributed by atoms with Gasteiger partial charge in [-0.05, 0) is 42.5 Å². The smallest absolute Gasteiger partial charge is 0.261 e. The molecule has 3 aromatic rings. The number of carbonyl (C=O) groups is 2. The van der Waals surface area contributed by atoms with E-state index >= 15 is 0 Å². The lowest BCUT2D eigenvalue weighted by Gasteiger charge is -2.29. The molecule has 32 heavy (non-hydrogen) atoms. The lowest BCUT2D eigenvalue weighted by molar-refractivity contribution is -0.142. The average Bonchev–Trinajstić information content (AvgIpc) is 2.81. The Morgan fingerprint density at radius 2 is 1.75 bits per heavy atom. The highest BCUT2D eigenvalue weighted by Crippen LogP contribution is 2.25. The van der Waals surface area contributed by atoms with Gasteiger partial charge in [0.2, 0.25) is 5.91 Å². The number of benzene rings is 3. The van der Waals surface area contributed by atoms with E-state index in [1.54, 1.807) is 19.1 Å². The zero-order chi connectivity index (χ0) is 22.9. The number of fused-ring (bicyclic) bond motifs is 1. The Kier molecular flexibility index (Phi) is 8.20. The molecule has 3 aromatic carbocycles. The lowest BCUT2D eigenvalue weighted by Crippen LogP contribution is -2.49. The SMILES string of the molecule is CCCCNC(=O)[C@H](C)N(Cc1ccc(F)cc1)C(=O)COc1cccc2ccccc12. The van der Waals surface area contributed by atoms with Gasteiger partial charge in [-0.1, -0.05) is 61.9 Å². The summed E-state index contributed by atoms with van der Waals surface area (Å²) in [5.74, 6) is -0.283. The van der Waals surface area contributed by atoms with E-state index in [9.17, 15) is 14.0 Å². The third kappa shape index (κ3) is 6.06. The van der Waals surface area contributed by atoms with Crippen molar-refractivity contribution in [2.24, 2.45) is 0 Å². The largest absolute Gasteiger partial charge is 0.483 e. The molecule has 1 atom stereocenters. The first-order chi connectivity index (χ1) is 15.5. The molecule has 0 radical (unpaired) electrons. The second-order valence-electron chi connectivity index (χ2n) is 7.73. The third-order valence-corrected chi connectivity index (χ3v) is 5.36. The normalized spacial score (nSPS) is 11.7. The maximum absolute atomic E-state index is 13.3.